The maximum absolute atomic E-state index is 11.1. The van der Waals surface area contributed by atoms with Crippen molar-refractivity contribution in [3.8, 4) is 11.4 Å². The van der Waals surface area contributed by atoms with E-state index in [1.807, 2.05) is 35.2 Å². The number of halogens is 1. The molecule has 1 aliphatic rings. The molecule has 1 saturated heterocycles. The Hall–Kier alpha value is -1.92. The van der Waals surface area contributed by atoms with Crippen molar-refractivity contribution >= 4 is 18.4 Å². The van der Waals surface area contributed by atoms with Crippen molar-refractivity contribution in [3.63, 3.8) is 0 Å². The lowest BCUT2D eigenvalue weighted by Crippen LogP contribution is -2.36. The van der Waals surface area contributed by atoms with E-state index in [-0.39, 0.29) is 18.4 Å². The summed E-state index contributed by atoms with van der Waals surface area (Å²) >= 11 is 0. The second kappa shape index (κ2) is 8.08. The maximum atomic E-state index is 11.1. The Kier molecular flexibility index (Phi) is 6.12. The molecule has 0 amide bonds. The van der Waals surface area contributed by atoms with Crippen LogP contribution in [-0.4, -0.2) is 45.2 Å². The average molecular weight is 338 g/mol. The van der Waals surface area contributed by atoms with Crippen molar-refractivity contribution in [2.75, 3.05) is 13.1 Å². The Labute approximate surface area is 140 Å². The van der Waals surface area contributed by atoms with Crippen LogP contribution in [0.4, 0.5) is 0 Å². The number of aryl methyl sites for hydroxylation is 1. The molecule has 2 heterocycles. The zero-order chi connectivity index (χ0) is 15.4. The third-order valence-corrected chi connectivity index (χ3v) is 3.98. The van der Waals surface area contributed by atoms with Crippen LogP contribution in [0.3, 0.4) is 0 Å². The first-order chi connectivity index (χ1) is 10.7. The molecule has 1 aliphatic heterocycles. The topological polar surface area (TPSA) is 79.5 Å². The Morgan fingerprint density at radius 1 is 1.35 bits per heavy atom. The molecule has 23 heavy (non-hydrogen) atoms. The van der Waals surface area contributed by atoms with E-state index in [1.54, 1.807) is 0 Å². The highest BCUT2D eigenvalue weighted by Gasteiger charge is 2.29. The predicted octanol–water partition coefficient (Wildman–Crippen LogP) is 2.64. The van der Waals surface area contributed by atoms with Gasteiger partial charge in [0, 0.05) is 12.0 Å². The fourth-order valence-electron chi connectivity index (χ4n) is 2.87. The first-order valence-corrected chi connectivity index (χ1v) is 7.59. The largest absolute Gasteiger partial charge is 0.480 e. The monoisotopic (exact) mass is 337 g/mol. The highest BCUT2D eigenvalue weighted by molar-refractivity contribution is 5.85. The third kappa shape index (κ3) is 4.30. The van der Waals surface area contributed by atoms with Gasteiger partial charge in [-0.05, 0) is 32.4 Å². The molecule has 124 valence electrons. The van der Waals surface area contributed by atoms with Crippen molar-refractivity contribution in [2.24, 2.45) is 0 Å². The molecule has 3 rings (SSSR count). The SMILES string of the molecule is Cl.O=C(O)[C@@H]1CCCN1CCCc1nc(-c2ccccc2)no1. The van der Waals surface area contributed by atoms with E-state index in [0.717, 1.165) is 37.9 Å². The molecular formula is C16H20ClN3O3. The third-order valence-electron chi connectivity index (χ3n) is 3.98. The lowest BCUT2D eigenvalue weighted by Gasteiger charge is -2.20. The number of carboxylic acid groups (broad SMARTS) is 1. The van der Waals surface area contributed by atoms with Crippen molar-refractivity contribution in [1.82, 2.24) is 15.0 Å². The van der Waals surface area contributed by atoms with E-state index in [4.69, 9.17) is 9.63 Å². The molecule has 0 bridgehead atoms. The predicted molar refractivity (Wildman–Crippen MR) is 87.5 cm³/mol. The van der Waals surface area contributed by atoms with Gasteiger partial charge >= 0.3 is 5.97 Å². The highest BCUT2D eigenvalue weighted by atomic mass is 35.5. The van der Waals surface area contributed by atoms with Crippen LogP contribution in [-0.2, 0) is 11.2 Å². The zero-order valence-corrected chi connectivity index (χ0v) is 13.5. The molecule has 0 unspecified atom stereocenters. The van der Waals surface area contributed by atoms with Crippen LogP contribution in [0.2, 0.25) is 0 Å². The van der Waals surface area contributed by atoms with Crippen molar-refractivity contribution in [2.45, 2.75) is 31.7 Å². The van der Waals surface area contributed by atoms with Gasteiger partial charge in [0.05, 0.1) is 0 Å². The summed E-state index contributed by atoms with van der Waals surface area (Å²) < 4.78 is 5.26. The molecule has 1 atom stereocenters. The molecule has 0 saturated carbocycles. The van der Waals surface area contributed by atoms with Gasteiger partial charge in [0.2, 0.25) is 11.7 Å². The van der Waals surface area contributed by atoms with Gasteiger partial charge in [-0.25, -0.2) is 0 Å². The quantitative estimate of drug-likeness (QED) is 0.873. The summed E-state index contributed by atoms with van der Waals surface area (Å²) in [4.78, 5) is 17.5. The number of hydrogen-bond donors (Lipinski definition) is 1. The minimum atomic E-state index is -0.721. The fourth-order valence-corrected chi connectivity index (χ4v) is 2.87. The molecule has 0 aliphatic carbocycles. The number of carbonyl (C=O) groups is 1. The van der Waals surface area contributed by atoms with Crippen LogP contribution in [0.5, 0.6) is 0 Å². The van der Waals surface area contributed by atoms with Crippen LogP contribution < -0.4 is 0 Å². The van der Waals surface area contributed by atoms with Crippen molar-refractivity contribution in [3.05, 3.63) is 36.2 Å². The van der Waals surface area contributed by atoms with Gasteiger partial charge in [0.1, 0.15) is 6.04 Å². The number of aromatic nitrogens is 2. The van der Waals surface area contributed by atoms with Gasteiger partial charge in [-0.15, -0.1) is 12.4 Å². The van der Waals surface area contributed by atoms with E-state index < -0.39 is 5.97 Å². The summed E-state index contributed by atoms with van der Waals surface area (Å²) in [5.74, 6) is 0.478. The molecule has 1 aromatic heterocycles. The maximum Gasteiger partial charge on any atom is 0.320 e. The van der Waals surface area contributed by atoms with Crippen molar-refractivity contribution in [1.29, 1.82) is 0 Å². The first kappa shape index (κ1) is 17.4. The van der Waals surface area contributed by atoms with E-state index in [0.29, 0.717) is 18.1 Å². The van der Waals surface area contributed by atoms with Crippen LogP contribution >= 0.6 is 12.4 Å². The number of nitrogens with zero attached hydrogens (tertiary/aromatic N) is 3. The number of aliphatic carboxylic acids is 1. The van der Waals surface area contributed by atoms with E-state index in [1.165, 1.54) is 0 Å². The average Bonchev–Trinajstić information content (AvgIpc) is 3.17. The van der Waals surface area contributed by atoms with Crippen LogP contribution in [0.15, 0.2) is 34.9 Å². The van der Waals surface area contributed by atoms with Gasteiger partial charge in [-0.3, -0.25) is 9.69 Å². The summed E-state index contributed by atoms with van der Waals surface area (Å²) in [5.41, 5.74) is 0.933. The van der Waals surface area contributed by atoms with Crippen LogP contribution in [0.1, 0.15) is 25.2 Å². The molecule has 7 heteroatoms. The molecule has 0 radical (unpaired) electrons. The van der Waals surface area contributed by atoms with Gasteiger partial charge in [0.15, 0.2) is 0 Å². The molecule has 2 aromatic rings. The molecule has 1 N–H and O–H groups in total. The normalized spacial score (nSPS) is 17.8. The Bertz CT molecular complexity index is 633. The number of rotatable bonds is 6. The van der Waals surface area contributed by atoms with E-state index >= 15 is 0 Å². The van der Waals surface area contributed by atoms with Crippen molar-refractivity contribution < 1.29 is 14.4 Å². The summed E-state index contributed by atoms with van der Waals surface area (Å²) in [6, 6.07) is 9.37. The lowest BCUT2D eigenvalue weighted by molar-refractivity contribution is -0.142. The van der Waals surface area contributed by atoms with Gasteiger partial charge in [0.25, 0.3) is 0 Å². The first-order valence-electron chi connectivity index (χ1n) is 7.59. The number of hydrogen-bond acceptors (Lipinski definition) is 5. The molecule has 6 nitrogen and oxygen atoms in total. The summed E-state index contributed by atoms with van der Waals surface area (Å²) in [7, 11) is 0. The fraction of sp³-hybridized carbons (Fsp3) is 0.438. The molecule has 0 spiro atoms. The number of benzene rings is 1. The van der Waals surface area contributed by atoms with Gasteiger partial charge in [-0.2, -0.15) is 4.98 Å². The Balaban J connectivity index is 0.00000192. The molecule has 1 aromatic carbocycles. The zero-order valence-electron chi connectivity index (χ0n) is 12.7. The highest BCUT2D eigenvalue weighted by Crippen LogP contribution is 2.19. The standard InChI is InChI=1S/C16H19N3O3.ClH/c20-16(21)13-8-4-10-19(13)11-5-9-14-17-15(18-22-14)12-6-2-1-3-7-12;/h1-3,6-7,13H,4-5,8-11H2,(H,20,21);1H/t13-;/m0./s1. The minimum absolute atomic E-state index is 0. The Morgan fingerprint density at radius 3 is 2.87 bits per heavy atom. The molecule has 1 fully saturated rings. The summed E-state index contributed by atoms with van der Waals surface area (Å²) in [6.45, 7) is 1.61. The molecular weight excluding hydrogens is 318 g/mol. The van der Waals surface area contributed by atoms with E-state index in [2.05, 4.69) is 10.1 Å². The second-order valence-electron chi connectivity index (χ2n) is 5.51. The lowest BCUT2D eigenvalue weighted by atomic mass is 10.2. The summed E-state index contributed by atoms with van der Waals surface area (Å²) in [6.07, 6.45) is 3.19. The van der Waals surface area contributed by atoms with Crippen LogP contribution in [0.25, 0.3) is 11.4 Å². The van der Waals surface area contributed by atoms with Gasteiger partial charge < -0.3 is 9.63 Å². The Morgan fingerprint density at radius 2 is 2.13 bits per heavy atom. The smallest absolute Gasteiger partial charge is 0.320 e. The van der Waals surface area contributed by atoms with Gasteiger partial charge in [-0.1, -0.05) is 35.5 Å². The van der Waals surface area contributed by atoms with Crippen LogP contribution in [0, 0.1) is 0 Å². The van der Waals surface area contributed by atoms with E-state index in [9.17, 15) is 4.79 Å². The number of likely N-dealkylation sites (tertiary alicyclic amines) is 1. The minimum Gasteiger partial charge on any atom is -0.480 e. The summed E-state index contributed by atoms with van der Waals surface area (Å²) in [5, 5.41) is 13.1. The second-order valence-corrected chi connectivity index (χ2v) is 5.51. The number of carboxylic acids is 1.